The Balaban J connectivity index is 1.89. The number of hydrogen-bond donors (Lipinski definition) is 2. The molecular weight excluding hydrogens is 562 g/mol. The maximum atomic E-state index is 14.5. The van der Waals surface area contributed by atoms with Crippen LogP contribution in [-0.4, -0.2) is 107 Å². The van der Waals surface area contributed by atoms with Gasteiger partial charge in [0.2, 0.25) is 23.6 Å². The molecule has 0 aromatic carbocycles. The summed E-state index contributed by atoms with van der Waals surface area (Å²) in [5, 5.41) is 6.38. The molecule has 2 saturated heterocycles. The number of ether oxygens (including phenoxy) is 1. The molecule has 4 amide bonds. The molecule has 0 spiro atoms. The molecule has 2 N–H and O–H groups in total. The Morgan fingerprint density at radius 2 is 1.50 bits per heavy atom. The van der Waals surface area contributed by atoms with Gasteiger partial charge in [0.05, 0.1) is 12.5 Å². The average molecular weight is 620 g/mol. The summed E-state index contributed by atoms with van der Waals surface area (Å²) in [6, 6.07) is -2.28. The van der Waals surface area contributed by atoms with E-state index in [4.69, 9.17) is 4.74 Å². The fourth-order valence-electron chi connectivity index (χ4n) is 6.94. The highest BCUT2D eigenvalue weighted by Crippen LogP contribution is 2.31. The standard InChI is InChI=1S/C33H57N5O6/c1-23(2)27(37(7)31(43)33(17-11-8-9-12-18-33)35-28(40)24-16-15-19-34-24)30(42)36(6)25(22-26(39)44-32(3,4)5)29(41)38-20-13-10-14-21-38/h23-25,27,34H,8-22H2,1-7H3,(H,35,40)/t24-,25-,27-/m0/s1. The Bertz CT molecular complexity index is 1020. The van der Waals surface area contributed by atoms with Gasteiger partial charge < -0.3 is 30.1 Å². The van der Waals surface area contributed by atoms with E-state index in [0.29, 0.717) is 25.9 Å². The summed E-state index contributed by atoms with van der Waals surface area (Å²) >= 11 is 0. The molecule has 3 fully saturated rings. The zero-order valence-corrected chi connectivity index (χ0v) is 28.2. The van der Waals surface area contributed by atoms with Crippen LogP contribution in [0.5, 0.6) is 0 Å². The molecule has 250 valence electrons. The van der Waals surface area contributed by atoms with Crippen molar-refractivity contribution in [3.05, 3.63) is 0 Å². The first-order chi connectivity index (χ1) is 20.7. The van der Waals surface area contributed by atoms with E-state index in [2.05, 4.69) is 10.6 Å². The van der Waals surface area contributed by atoms with Crippen molar-refractivity contribution in [2.45, 2.75) is 141 Å². The minimum Gasteiger partial charge on any atom is -0.460 e. The maximum absolute atomic E-state index is 14.5. The predicted octanol–water partition coefficient (Wildman–Crippen LogP) is 3.00. The maximum Gasteiger partial charge on any atom is 0.308 e. The van der Waals surface area contributed by atoms with E-state index in [1.165, 1.54) is 9.80 Å². The topological polar surface area (TPSA) is 128 Å². The number of carbonyl (C=O) groups excluding carboxylic acids is 5. The Morgan fingerprint density at radius 1 is 0.909 bits per heavy atom. The van der Waals surface area contributed by atoms with Gasteiger partial charge in [-0.15, -0.1) is 0 Å². The zero-order valence-electron chi connectivity index (χ0n) is 28.2. The third-order valence-corrected chi connectivity index (χ3v) is 9.28. The van der Waals surface area contributed by atoms with E-state index in [-0.39, 0.29) is 36.1 Å². The molecule has 11 heteroatoms. The van der Waals surface area contributed by atoms with E-state index in [9.17, 15) is 24.0 Å². The van der Waals surface area contributed by atoms with Crippen LogP contribution in [0.25, 0.3) is 0 Å². The molecule has 0 aromatic heterocycles. The van der Waals surface area contributed by atoms with Crippen molar-refractivity contribution in [1.82, 2.24) is 25.3 Å². The number of hydrogen-bond acceptors (Lipinski definition) is 7. The van der Waals surface area contributed by atoms with Crippen molar-refractivity contribution < 1.29 is 28.7 Å². The van der Waals surface area contributed by atoms with Crippen LogP contribution in [0.4, 0.5) is 0 Å². The van der Waals surface area contributed by atoms with Gasteiger partial charge in [0.25, 0.3) is 0 Å². The second-order valence-corrected chi connectivity index (χ2v) is 14.4. The van der Waals surface area contributed by atoms with Crippen molar-refractivity contribution in [3.63, 3.8) is 0 Å². The average Bonchev–Trinajstić information content (AvgIpc) is 3.41. The molecule has 0 aromatic rings. The summed E-state index contributed by atoms with van der Waals surface area (Å²) in [6.07, 6.45) is 8.75. The highest BCUT2D eigenvalue weighted by atomic mass is 16.6. The monoisotopic (exact) mass is 619 g/mol. The van der Waals surface area contributed by atoms with E-state index in [0.717, 1.165) is 64.3 Å². The molecule has 11 nitrogen and oxygen atoms in total. The Morgan fingerprint density at radius 3 is 2.02 bits per heavy atom. The normalized spacial score (nSPS) is 22.0. The Hall–Kier alpha value is -2.69. The second kappa shape index (κ2) is 15.5. The number of amides is 4. The lowest BCUT2D eigenvalue weighted by atomic mass is 9.86. The lowest BCUT2D eigenvalue weighted by Gasteiger charge is -2.42. The van der Waals surface area contributed by atoms with Gasteiger partial charge in [-0.1, -0.05) is 39.5 Å². The van der Waals surface area contributed by atoms with Gasteiger partial charge in [0.15, 0.2) is 0 Å². The summed E-state index contributed by atoms with van der Waals surface area (Å²) in [7, 11) is 3.17. The fraction of sp³-hybridized carbons (Fsp3) is 0.848. The fourth-order valence-corrected chi connectivity index (χ4v) is 6.94. The first-order valence-corrected chi connectivity index (χ1v) is 16.8. The van der Waals surface area contributed by atoms with E-state index < -0.39 is 35.1 Å². The van der Waals surface area contributed by atoms with Gasteiger partial charge in [-0.05, 0) is 78.2 Å². The van der Waals surface area contributed by atoms with Gasteiger partial charge >= 0.3 is 5.97 Å². The van der Waals surface area contributed by atoms with Crippen LogP contribution in [0, 0.1) is 5.92 Å². The van der Waals surface area contributed by atoms with E-state index in [1.807, 2.05) is 13.8 Å². The predicted molar refractivity (Wildman–Crippen MR) is 168 cm³/mol. The van der Waals surface area contributed by atoms with Crippen LogP contribution < -0.4 is 10.6 Å². The third kappa shape index (κ3) is 9.17. The van der Waals surface area contributed by atoms with Gasteiger partial charge in [0.1, 0.15) is 23.2 Å². The van der Waals surface area contributed by atoms with Gasteiger partial charge in [-0.3, -0.25) is 24.0 Å². The number of nitrogens with zero attached hydrogens (tertiary/aromatic N) is 3. The third-order valence-electron chi connectivity index (χ3n) is 9.28. The van der Waals surface area contributed by atoms with Gasteiger partial charge in [0, 0.05) is 27.2 Å². The van der Waals surface area contributed by atoms with E-state index >= 15 is 0 Å². The summed E-state index contributed by atoms with van der Waals surface area (Å²) in [4.78, 5) is 73.4. The van der Waals surface area contributed by atoms with Crippen LogP contribution >= 0.6 is 0 Å². The number of piperidine rings is 1. The molecule has 0 bridgehead atoms. The molecule has 3 atom stereocenters. The molecule has 1 saturated carbocycles. The zero-order chi connectivity index (χ0) is 32.7. The smallest absolute Gasteiger partial charge is 0.308 e. The molecule has 0 radical (unpaired) electrons. The van der Waals surface area contributed by atoms with Crippen LogP contribution in [0.2, 0.25) is 0 Å². The lowest BCUT2D eigenvalue weighted by Crippen LogP contribution is -2.65. The molecule has 2 aliphatic heterocycles. The number of esters is 1. The molecule has 0 unspecified atom stereocenters. The van der Waals surface area contributed by atoms with Gasteiger partial charge in [-0.25, -0.2) is 0 Å². The molecule has 2 heterocycles. The number of carbonyl (C=O) groups is 5. The second-order valence-electron chi connectivity index (χ2n) is 14.4. The number of likely N-dealkylation sites (tertiary alicyclic amines) is 1. The summed E-state index contributed by atoms with van der Waals surface area (Å²) < 4.78 is 5.56. The van der Waals surface area contributed by atoms with Crippen molar-refractivity contribution >= 4 is 29.6 Å². The number of rotatable bonds is 10. The van der Waals surface area contributed by atoms with Crippen molar-refractivity contribution in [2.75, 3.05) is 33.7 Å². The number of likely N-dealkylation sites (N-methyl/N-ethyl adjacent to an activating group) is 2. The van der Waals surface area contributed by atoms with E-state index in [1.54, 1.807) is 39.8 Å². The summed E-state index contributed by atoms with van der Waals surface area (Å²) in [5.74, 6) is -1.99. The summed E-state index contributed by atoms with van der Waals surface area (Å²) in [6.45, 7) is 11.0. The molecular formula is C33H57N5O6. The largest absolute Gasteiger partial charge is 0.460 e. The van der Waals surface area contributed by atoms with Crippen LogP contribution in [0.1, 0.15) is 112 Å². The Labute approximate surface area is 264 Å². The molecule has 3 aliphatic rings. The highest BCUT2D eigenvalue weighted by molar-refractivity contribution is 5.97. The minimum absolute atomic E-state index is 0.166. The van der Waals surface area contributed by atoms with Crippen LogP contribution in [-0.2, 0) is 28.7 Å². The first-order valence-electron chi connectivity index (χ1n) is 16.8. The quantitative estimate of drug-likeness (QED) is 0.284. The first kappa shape index (κ1) is 35.8. The number of nitrogens with one attached hydrogen (secondary N) is 2. The lowest BCUT2D eigenvalue weighted by molar-refractivity contribution is -0.162. The molecule has 1 aliphatic carbocycles. The van der Waals surface area contributed by atoms with Crippen molar-refractivity contribution in [2.24, 2.45) is 5.92 Å². The molecule has 44 heavy (non-hydrogen) atoms. The SMILES string of the molecule is CC(C)[C@@H](C(=O)N(C)[C@@H](CC(=O)OC(C)(C)C)C(=O)N1CCCCC1)N(C)C(=O)C1(NC(=O)[C@@H]2CCCN2)CCCCCC1. The highest BCUT2D eigenvalue weighted by Gasteiger charge is 2.47. The van der Waals surface area contributed by atoms with Crippen LogP contribution in [0.15, 0.2) is 0 Å². The minimum atomic E-state index is -1.10. The molecule has 3 rings (SSSR count). The van der Waals surface area contributed by atoms with Gasteiger partial charge in [-0.2, -0.15) is 0 Å². The van der Waals surface area contributed by atoms with Crippen molar-refractivity contribution in [3.8, 4) is 0 Å². The van der Waals surface area contributed by atoms with Crippen molar-refractivity contribution in [1.29, 1.82) is 0 Å². The summed E-state index contributed by atoms with van der Waals surface area (Å²) in [5.41, 5.74) is -1.84. The Kier molecular flexibility index (Phi) is 12.6. The van der Waals surface area contributed by atoms with Crippen LogP contribution in [0.3, 0.4) is 0 Å².